The van der Waals surface area contributed by atoms with E-state index in [0.717, 1.165) is 5.56 Å². The molecule has 0 N–H and O–H groups in total. The topological polar surface area (TPSA) is 148 Å². The number of carbonyl (C=O) groups excluding carboxylic acids is 1. The second kappa shape index (κ2) is 16.6. The molecule has 4 rings (SSSR count). The van der Waals surface area contributed by atoms with Crippen LogP contribution in [0.4, 0.5) is 0 Å². The van der Waals surface area contributed by atoms with E-state index in [9.17, 15) is 4.79 Å². The van der Waals surface area contributed by atoms with Crippen LogP contribution < -0.4 is 42.6 Å². The van der Waals surface area contributed by atoms with Crippen molar-refractivity contribution in [1.29, 1.82) is 0 Å². The maximum absolute atomic E-state index is 13.2. The van der Waals surface area contributed by atoms with Crippen LogP contribution in [-0.2, 0) is 4.84 Å². The summed E-state index contributed by atoms with van der Waals surface area (Å²) >= 11 is 2.68. The first kappa shape index (κ1) is 35.8. The van der Waals surface area contributed by atoms with Crippen LogP contribution in [0, 0.1) is 0 Å². The first-order valence-electron chi connectivity index (χ1n) is 13.9. The molecule has 0 aliphatic carbocycles. The number of carbonyl (C=O) groups is 1. The van der Waals surface area contributed by atoms with Crippen LogP contribution in [0.15, 0.2) is 45.9 Å². The summed E-state index contributed by atoms with van der Waals surface area (Å²) in [7, 11) is 13.5. The van der Waals surface area contributed by atoms with Crippen molar-refractivity contribution in [3.63, 3.8) is 0 Å². The second-order valence-corrected chi connectivity index (χ2v) is 11.5. The number of rotatable bonds is 16. The van der Waals surface area contributed by atoms with Crippen LogP contribution in [0.1, 0.15) is 15.9 Å². The van der Waals surface area contributed by atoms with E-state index >= 15 is 0 Å². The molecule has 1 heterocycles. The van der Waals surface area contributed by atoms with Crippen LogP contribution in [0.25, 0.3) is 10.6 Å². The fourth-order valence-corrected chi connectivity index (χ4v) is 6.27. The zero-order valence-corrected chi connectivity index (χ0v) is 29.5. The Balaban J connectivity index is 1.68. The monoisotopic (exact) mass is 701 g/mol. The molecular formula is C32H35N3O11S2. The summed E-state index contributed by atoms with van der Waals surface area (Å²) in [6.45, 7) is 0. The van der Waals surface area contributed by atoms with Gasteiger partial charge in [-0.25, -0.2) is 4.79 Å². The first-order chi connectivity index (χ1) is 23.3. The van der Waals surface area contributed by atoms with Crippen molar-refractivity contribution in [2.75, 3.05) is 69.7 Å². The third-order valence-corrected chi connectivity index (χ3v) is 8.90. The van der Waals surface area contributed by atoms with Crippen molar-refractivity contribution < 1.29 is 52.3 Å². The Kier molecular flexibility index (Phi) is 12.4. The van der Waals surface area contributed by atoms with Crippen molar-refractivity contribution in [3.8, 4) is 62.3 Å². The minimum atomic E-state index is -0.759. The zero-order chi connectivity index (χ0) is 34.8. The van der Waals surface area contributed by atoms with E-state index in [4.69, 9.17) is 47.5 Å². The Morgan fingerprint density at radius 2 is 1.02 bits per heavy atom. The van der Waals surface area contributed by atoms with Gasteiger partial charge in [0.2, 0.25) is 17.2 Å². The largest absolute Gasteiger partial charge is 0.493 e. The molecule has 0 amide bonds. The molecule has 0 atom stereocenters. The Hall–Kier alpha value is -5.09. The number of thioether (sulfide) groups is 1. The zero-order valence-electron chi connectivity index (χ0n) is 27.8. The molecule has 0 aliphatic heterocycles. The van der Waals surface area contributed by atoms with Crippen molar-refractivity contribution >= 4 is 34.8 Å². The van der Waals surface area contributed by atoms with Gasteiger partial charge in [0.05, 0.1) is 75.3 Å². The number of hydrogen-bond acceptors (Lipinski definition) is 16. The Bertz CT molecular complexity index is 1700. The predicted octanol–water partition coefficient (Wildman–Crippen LogP) is 5.64. The van der Waals surface area contributed by atoms with Crippen LogP contribution >= 0.6 is 23.1 Å². The maximum atomic E-state index is 13.2. The highest BCUT2D eigenvalue weighted by Gasteiger charge is 2.22. The van der Waals surface area contributed by atoms with Gasteiger partial charge in [0.15, 0.2) is 38.8 Å². The van der Waals surface area contributed by atoms with Crippen molar-refractivity contribution in [3.05, 3.63) is 47.5 Å². The highest BCUT2D eigenvalue weighted by molar-refractivity contribution is 8.01. The molecule has 4 aromatic rings. The van der Waals surface area contributed by atoms with Crippen molar-refractivity contribution in [1.82, 2.24) is 10.2 Å². The molecule has 0 aliphatic rings. The minimum Gasteiger partial charge on any atom is -0.493 e. The summed E-state index contributed by atoms with van der Waals surface area (Å²) in [5, 5.41) is 13.6. The van der Waals surface area contributed by atoms with E-state index in [0.29, 0.717) is 60.9 Å². The maximum Gasteiger partial charge on any atom is 0.366 e. The van der Waals surface area contributed by atoms with Crippen molar-refractivity contribution in [2.45, 2.75) is 4.34 Å². The fraction of sp³-hybridized carbons (Fsp3) is 0.312. The number of benzene rings is 3. The van der Waals surface area contributed by atoms with Gasteiger partial charge < -0.3 is 47.5 Å². The minimum absolute atomic E-state index is 0.129. The first-order valence-corrected chi connectivity index (χ1v) is 15.7. The fourth-order valence-electron chi connectivity index (χ4n) is 4.48. The highest BCUT2D eigenvalue weighted by atomic mass is 32.2. The van der Waals surface area contributed by atoms with E-state index in [-0.39, 0.29) is 22.8 Å². The molecule has 0 unspecified atom stereocenters. The van der Waals surface area contributed by atoms with Crippen LogP contribution in [0.2, 0.25) is 0 Å². The lowest BCUT2D eigenvalue weighted by Gasteiger charge is -2.15. The summed E-state index contributed by atoms with van der Waals surface area (Å²) in [4.78, 5) is 18.7. The molecular weight excluding hydrogens is 666 g/mol. The number of oxime groups is 1. The predicted molar refractivity (Wildman–Crippen MR) is 180 cm³/mol. The third kappa shape index (κ3) is 7.71. The molecule has 48 heavy (non-hydrogen) atoms. The Labute approximate surface area is 285 Å². The molecule has 256 valence electrons. The quantitative estimate of drug-likeness (QED) is 0.0614. The SMILES string of the molecule is COc1cc(C(=O)O/N=C(\CSc2nnc(-c3cc(OC)c(OC)c(OC)c3)s2)c2cc(OC)c(OC)c(OC)c2)cc(OC)c1OC. The summed E-state index contributed by atoms with van der Waals surface area (Å²) in [6.07, 6.45) is 0. The number of ether oxygens (including phenoxy) is 9. The lowest BCUT2D eigenvalue weighted by Crippen LogP contribution is -2.10. The Morgan fingerprint density at radius 1 is 0.604 bits per heavy atom. The van der Waals surface area contributed by atoms with Gasteiger partial charge in [-0.3, -0.25) is 0 Å². The van der Waals surface area contributed by atoms with E-state index in [2.05, 4.69) is 15.4 Å². The Morgan fingerprint density at radius 3 is 1.44 bits per heavy atom. The van der Waals surface area contributed by atoms with Gasteiger partial charge in [-0.1, -0.05) is 28.3 Å². The standard InChI is InChI=1S/C32H35N3O11S2/c1-37-21-10-17(11-22(38-2)27(21)43-7)20(35-46-31(36)19-14-25(41-5)29(45-9)26(15-19)42-6)16-47-32-34-33-30(48-32)18-12-23(39-3)28(44-8)24(13-18)40-4/h10-15H,16H2,1-9H3/b35-20+. The molecule has 0 saturated heterocycles. The average molecular weight is 702 g/mol. The van der Waals surface area contributed by atoms with E-state index in [1.807, 2.05) is 0 Å². The number of nitrogens with zero attached hydrogens (tertiary/aromatic N) is 3. The van der Waals surface area contributed by atoms with Gasteiger partial charge in [-0.05, 0) is 36.4 Å². The normalized spacial score (nSPS) is 11.0. The number of aromatic nitrogens is 2. The highest BCUT2D eigenvalue weighted by Crippen LogP contribution is 2.43. The van der Waals surface area contributed by atoms with Crippen LogP contribution in [0.5, 0.6) is 51.7 Å². The van der Waals surface area contributed by atoms with Crippen molar-refractivity contribution in [2.24, 2.45) is 5.16 Å². The van der Waals surface area contributed by atoms with E-state index in [1.165, 1.54) is 85.0 Å². The van der Waals surface area contributed by atoms with Gasteiger partial charge in [0.1, 0.15) is 5.01 Å². The second-order valence-electron chi connectivity index (χ2n) is 9.32. The molecule has 0 bridgehead atoms. The van der Waals surface area contributed by atoms with E-state index < -0.39 is 5.97 Å². The molecule has 3 aromatic carbocycles. The average Bonchev–Trinajstić information content (AvgIpc) is 3.61. The molecule has 16 heteroatoms. The molecule has 0 spiro atoms. The summed E-state index contributed by atoms with van der Waals surface area (Å²) in [6, 6.07) is 9.94. The summed E-state index contributed by atoms with van der Waals surface area (Å²) in [5.41, 5.74) is 1.77. The van der Waals surface area contributed by atoms with Crippen LogP contribution in [-0.4, -0.2) is 91.6 Å². The van der Waals surface area contributed by atoms with Gasteiger partial charge in [-0.2, -0.15) is 0 Å². The van der Waals surface area contributed by atoms with Gasteiger partial charge in [0.25, 0.3) is 0 Å². The van der Waals surface area contributed by atoms with Gasteiger partial charge in [-0.15, -0.1) is 10.2 Å². The molecule has 1 aromatic heterocycles. The third-order valence-electron chi connectivity index (χ3n) is 6.79. The smallest absolute Gasteiger partial charge is 0.366 e. The number of methoxy groups -OCH3 is 9. The number of hydrogen-bond donors (Lipinski definition) is 0. The van der Waals surface area contributed by atoms with Gasteiger partial charge >= 0.3 is 5.97 Å². The molecule has 0 radical (unpaired) electrons. The molecule has 0 saturated carbocycles. The lowest BCUT2D eigenvalue weighted by molar-refractivity contribution is 0.0515. The lowest BCUT2D eigenvalue weighted by atomic mass is 10.1. The molecule has 14 nitrogen and oxygen atoms in total. The van der Waals surface area contributed by atoms with Gasteiger partial charge in [0, 0.05) is 16.9 Å². The summed E-state index contributed by atoms with van der Waals surface area (Å²) < 4.78 is 49.7. The van der Waals surface area contributed by atoms with E-state index in [1.54, 1.807) is 38.5 Å². The molecule has 0 fully saturated rings. The van der Waals surface area contributed by atoms with Crippen LogP contribution in [0.3, 0.4) is 0 Å². The summed E-state index contributed by atoms with van der Waals surface area (Å²) in [5.74, 6) is 2.97.